The van der Waals surface area contributed by atoms with Gasteiger partial charge in [0.15, 0.2) is 5.92 Å². The predicted octanol–water partition coefficient (Wildman–Crippen LogP) is 3.81. The summed E-state index contributed by atoms with van der Waals surface area (Å²) in [6.45, 7) is 9.26. The van der Waals surface area contributed by atoms with Crippen molar-refractivity contribution in [2.24, 2.45) is 0 Å². The smallest absolute Gasteiger partial charge is 0.418 e. The summed E-state index contributed by atoms with van der Waals surface area (Å²) in [6.07, 6.45) is -5.27. The second kappa shape index (κ2) is 11.4. The van der Waals surface area contributed by atoms with Crippen molar-refractivity contribution in [2.45, 2.75) is 59.2 Å². The van der Waals surface area contributed by atoms with Gasteiger partial charge in [-0.1, -0.05) is 13.8 Å². The average Bonchev–Trinajstić information content (AvgIpc) is 2.66. The van der Waals surface area contributed by atoms with Crippen LogP contribution in [-0.4, -0.2) is 47.1 Å². The van der Waals surface area contributed by atoms with Crippen molar-refractivity contribution in [3.05, 3.63) is 33.1 Å². The van der Waals surface area contributed by atoms with E-state index in [1.54, 1.807) is 0 Å². The first kappa shape index (κ1) is 28.8. The lowest BCUT2D eigenvalue weighted by molar-refractivity contribution is -0.385. The molecule has 1 heterocycles. The number of halogens is 3. The molecule has 0 fully saturated rings. The minimum Gasteiger partial charge on any atom is -0.465 e. The summed E-state index contributed by atoms with van der Waals surface area (Å²) in [7, 11) is 0.821. The Balaban J connectivity index is 0.00000466. The number of methoxy groups -OCH3 is 1. The largest absolute Gasteiger partial charge is 0.465 e. The predicted molar refractivity (Wildman–Crippen MR) is 104 cm³/mol. The minimum atomic E-state index is -5.27. The van der Waals surface area contributed by atoms with Crippen LogP contribution in [0.2, 0.25) is 0 Å². The van der Waals surface area contributed by atoms with Crippen LogP contribution in [-0.2, 0) is 30.0 Å². The van der Waals surface area contributed by atoms with Gasteiger partial charge in [-0.3, -0.25) is 19.7 Å². The Morgan fingerprint density at radius 2 is 1.69 bits per heavy atom. The molecule has 1 aromatic rings. The van der Waals surface area contributed by atoms with Crippen LogP contribution < -0.4 is 0 Å². The van der Waals surface area contributed by atoms with E-state index in [4.69, 9.17) is 4.74 Å². The average molecular weight is 466 g/mol. The number of carbonyl (C=O) groups excluding carboxylic acids is 3. The molecule has 180 valence electrons. The van der Waals surface area contributed by atoms with Crippen molar-refractivity contribution in [2.75, 3.05) is 13.7 Å². The summed E-state index contributed by atoms with van der Waals surface area (Å²) >= 11 is 0. The van der Waals surface area contributed by atoms with Crippen LogP contribution in [0.25, 0.3) is 0 Å². The van der Waals surface area contributed by atoms with Gasteiger partial charge in [-0.25, -0.2) is 9.78 Å². The molecule has 1 atom stereocenters. The first-order chi connectivity index (χ1) is 14.6. The number of nitrogens with zero attached hydrogens (tertiary/aromatic N) is 2. The van der Waals surface area contributed by atoms with Crippen LogP contribution in [0.1, 0.15) is 69.2 Å². The van der Waals surface area contributed by atoms with Gasteiger partial charge in [-0.05, 0) is 27.7 Å². The Kier molecular flexibility index (Phi) is 10.2. The van der Waals surface area contributed by atoms with Gasteiger partial charge in [0.05, 0.1) is 29.9 Å². The molecular formula is C19H25F3N2O8. The SMILES string of the molecule is CC.CCOC(=O)C(C(=O)OC(C)(C)C)c1nc(C(=O)OC)c([N+](=O)[O-])cc1C(F)(F)F. The maximum Gasteiger partial charge on any atom is 0.418 e. The van der Waals surface area contributed by atoms with Gasteiger partial charge in [0.2, 0.25) is 5.69 Å². The zero-order valence-corrected chi connectivity index (χ0v) is 18.7. The van der Waals surface area contributed by atoms with Crippen LogP contribution in [0.3, 0.4) is 0 Å². The third-order valence-electron chi connectivity index (χ3n) is 3.35. The van der Waals surface area contributed by atoms with E-state index < -0.39 is 63.2 Å². The number of esters is 3. The van der Waals surface area contributed by atoms with Gasteiger partial charge >= 0.3 is 29.8 Å². The van der Waals surface area contributed by atoms with Crippen molar-refractivity contribution in [1.29, 1.82) is 0 Å². The number of alkyl halides is 3. The second-order valence-corrected chi connectivity index (χ2v) is 6.75. The summed E-state index contributed by atoms with van der Waals surface area (Å²) in [4.78, 5) is 50.0. The fourth-order valence-corrected chi connectivity index (χ4v) is 2.26. The molecular weight excluding hydrogens is 441 g/mol. The molecule has 0 N–H and O–H groups in total. The maximum absolute atomic E-state index is 13.6. The van der Waals surface area contributed by atoms with Gasteiger partial charge in [-0.2, -0.15) is 13.2 Å². The van der Waals surface area contributed by atoms with Crippen LogP contribution in [0.15, 0.2) is 6.07 Å². The highest BCUT2D eigenvalue weighted by Crippen LogP contribution is 2.38. The molecule has 0 aromatic carbocycles. The molecule has 0 aliphatic rings. The molecule has 0 amide bonds. The Labute approximate surface area is 182 Å². The lowest BCUT2D eigenvalue weighted by Crippen LogP contribution is -2.34. The second-order valence-electron chi connectivity index (χ2n) is 6.75. The minimum absolute atomic E-state index is 0.00514. The van der Waals surface area contributed by atoms with Crippen LogP contribution in [0, 0.1) is 10.1 Å². The van der Waals surface area contributed by atoms with Gasteiger partial charge in [0.25, 0.3) is 0 Å². The highest BCUT2D eigenvalue weighted by molar-refractivity contribution is 6.01. The van der Waals surface area contributed by atoms with Crippen LogP contribution in [0.4, 0.5) is 18.9 Å². The summed E-state index contributed by atoms with van der Waals surface area (Å²) < 4.78 is 54.9. The van der Waals surface area contributed by atoms with Crippen molar-refractivity contribution in [3.63, 3.8) is 0 Å². The number of pyridine rings is 1. The fraction of sp³-hybridized carbons (Fsp3) is 0.579. The number of nitro groups is 1. The monoisotopic (exact) mass is 466 g/mol. The Bertz CT molecular complexity index is 863. The van der Waals surface area contributed by atoms with E-state index in [1.807, 2.05) is 13.8 Å². The van der Waals surface area contributed by atoms with E-state index in [0.29, 0.717) is 0 Å². The van der Waals surface area contributed by atoms with Crippen molar-refractivity contribution in [1.82, 2.24) is 4.98 Å². The number of rotatable bonds is 6. The highest BCUT2D eigenvalue weighted by Gasteiger charge is 2.46. The fourth-order valence-electron chi connectivity index (χ4n) is 2.26. The van der Waals surface area contributed by atoms with Gasteiger partial charge in [-0.15, -0.1) is 0 Å². The Hall–Kier alpha value is -3.25. The summed E-state index contributed by atoms with van der Waals surface area (Å²) in [6, 6.07) is 0.00514. The number of carbonyl (C=O) groups is 3. The zero-order valence-electron chi connectivity index (χ0n) is 18.7. The number of ether oxygens (including phenoxy) is 3. The van der Waals surface area contributed by atoms with Crippen LogP contribution >= 0.6 is 0 Å². The Morgan fingerprint density at radius 1 is 1.16 bits per heavy atom. The molecule has 0 radical (unpaired) electrons. The van der Waals surface area contributed by atoms with E-state index in [0.717, 1.165) is 7.11 Å². The third kappa shape index (κ3) is 7.46. The normalized spacial score (nSPS) is 12.1. The molecule has 0 bridgehead atoms. The molecule has 1 rings (SSSR count). The lowest BCUT2D eigenvalue weighted by atomic mass is 9.97. The van der Waals surface area contributed by atoms with Gasteiger partial charge in [0, 0.05) is 6.07 Å². The number of aromatic nitrogens is 1. The standard InChI is InChI=1S/C17H19F3N2O8.C2H6/c1-6-29-13(23)10(14(24)30-16(2,3)4)11-8(17(18,19)20)7-9(22(26)27)12(21-11)15(25)28-5;1-2/h7,10H,6H2,1-5H3;1-2H3. The molecule has 0 saturated heterocycles. The molecule has 0 aliphatic heterocycles. The zero-order chi connectivity index (χ0) is 25.4. The summed E-state index contributed by atoms with van der Waals surface area (Å²) in [5, 5.41) is 11.2. The van der Waals surface area contributed by atoms with Gasteiger partial charge in [0.1, 0.15) is 5.60 Å². The van der Waals surface area contributed by atoms with E-state index in [-0.39, 0.29) is 12.7 Å². The van der Waals surface area contributed by atoms with E-state index in [9.17, 15) is 37.7 Å². The van der Waals surface area contributed by atoms with Gasteiger partial charge < -0.3 is 14.2 Å². The van der Waals surface area contributed by atoms with Crippen LogP contribution in [0.5, 0.6) is 0 Å². The summed E-state index contributed by atoms with van der Waals surface area (Å²) in [5.41, 5.74) is -6.69. The Morgan fingerprint density at radius 3 is 2.06 bits per heavy atom. The van der Waals surface area contributed by atoms with E-state index >= 15 is 0 Å². The number of hydrogen-bond acceptors (Lipinski definition) is 9. The molecule has 13 heteroatoms. The third-order valence-corrected chi connectivity index (χ3v) is 3.35. The molecule has 0 spiro atoms. The highest BCUT2D eigenvalue weighted by atomic mass is 19.4. The molecule has 10 nitrogen and oxygen atoms in total. The molecule has 0 saturated carbocycles. The molecule has 32 heavy (non-hydrogen) atoms. The molecule has 1 aromatic heterocycles. The maximum atomic E-state index is 13.6. The van der Waals surface area contributed by atoms with Crippen molar-refractivity contribution in [3.8, 4) is 0 Å². The topological polar surface area (TPSA) is 135 Å². The summed E-state index contributed by atoms with van der Waals surface area (Å²) in [5.74, 6) is -6.67. The lowest BCUT2D eigenvalue weighted by Gasteiger charge is -2.24. The quantitative estimate of drug-likeness (QED) is 0.202. The molecule has 1 unspecified atom stereocenters. The van der Waals surface area contributed by atoms with E-state index in [1.165, 1.54) is 27.7 Å². The first-order valence-corrected chi connectivity index (χ1v) is 9.38. The molecule has 0 aliphatic carbocycles. The van der Waals surface area contributed by atoms with Crippen molar-refractivity contribution >= 4 is 23.6 Å². The number of hydrogen-bond donors (Lipinski definition) is 0. The van der Waals surface area contributed by atoms with Crippen molar-refractivity contribution < 1.29 is 46.7 Å². The van der Waals surface area contributed by atoms with E-state index in [2.05, 4.69) is 14.5 Å². The first-order valence-electron chi connectivity index (χ1n) is 9.38.